The molecule has 102 valence electrons. The molecule has 0 spiro atoms. The fourth-order valence-electron chi connectivity index (χ4n) is 2.02. The van der Waals surface area contributed by atoms with Crippen LogP contribution in [-0.4, -0.2) is 10.7 Å². The van der Waals surface area contributed by atoms with Crippen LogP contribution in [0.1, 0.15) is 22.9 Å². The Balaban J connectivity index is 1.89. The highest BCUT2D eigenvalue weighted by Crippen LogP contribution is 2.40. The molecule has 0 saturated carbocycles. The van der Waals surface area contributed by atoms with Crippen LogP contribution in [0.15, 0.2) is 47.6 Å². The quantitative estimate of drug-likeness (QED) is 0.768. The number of aromatic nitrogens is 1. The second-order valence-electron chi connectivity index (χ2n) is 4.36. The van der Waals surface area contributed by atoms with Gasteiger partial charge >= 0.3 is 6.18 Å². The number of hydrogen-bond donors (Lipinski definition) is 0. The van der Waals surface area contributed by atoms with Gasteiger partial charge in [0.15, 0.2) is 0 Å². The molecule has 20 heavy (non-hydrogen) atoms. The number of hydrogen-bond acceptors (Lipinski definition) is 2. The van der Waals surface area contributed by atoms with Gasteiger partial charge in [-0.15, -0.1) is 0 Å². The van der Waals surface area contributed by atoms with Crippen LogP contribution in [0.3, 0.4) is 0 Å². The molecule has 1 aliphatic rings. The summed E-state index contributed by atoms with van der Waals surface area (Å²) in [6.07, 6.45) is -3.16. The number of aliphatic imine (C=N–C) groups is 1. The number of halogens is 4. The van der Waals surface area contributed by atoms with Gasteiger partial charge in [-0.25, -0.2) is 4.39 Å². The minimum absolute atomic E-state index is 0.112. The molecule has 0 aliphatic carbocycles. The second-order valence-corrected chi connectivity index (χ2v) is 4.36. The predicted molar refractivity (Wildman–Crippen MR) is 64.9 cm³/mol. The van der Waals surface area contributed by atoms with E-state index in [1.807, 2.05) is 0 Å². The monoisotopic (exact) mass is 280 g/mol. The smallest absolute Gasteiger partial charge is 0.270 e. The molecule has 3 rings (SSSR count). The summed E-state index contributed by atoms with van der Waals surface area (Å²) in [5, 5.41) is 0. The molecule has 1 unspecified atom stereocenters. The van der Waals surface area contributed by atoms with E-state index in [1.54, 1.807) is 0 Å². The fraction of sp³-hybridized carbons (Fsp3) is 0.143. The second kappa shape index (κ2) is 4.40. The molecule has 0 radical (unpaired) electrons. The summed E-state index contributed by atoms with van der Waals surface area (Å²) in [5.74, 6) is -0.402. The lowest BCUT2D eigenvalue weighted by Gasteiger charge is -2.10. The van der Waals surface area contributed by atoms with Crippen LogP contribution in [0.25, 0.3) is 0 Å². The van der Waals surface area contributed by atoms with Gasteiger partial charge in [0.1, 0.15) is 11.9 Å². The molecule has 1 aromatic carbocycles. The Kier molecular flexibility index (Phi) is 2.81. The van der Waals surface area contributed by atoms with E-state index < -0.39 is 23.6 Å². The molecule has 0 fully saturated rings. The molecule has 6 heteroatoms. The lowest BCUT2D eigenvalue weighted by Crippen LogP contribution is -2.11. The van der Waals surface area contributed by atoms with Crippen molar-refractivity contribution in [1.29, 1.82) is 0 Å². The minimum atomic E-state index is -4.46. The molecular formula is C14H8F4N2. The zero-order chi connectivity index (χ0) is 14.3. The van der Waals surface area contributed by atoms with Crippen molar-refractivity contribution < 1.29 is 17.6 Å². The van der Waals surface area contributed by atoms with Crippen LogP contribution < -0.4 is 0 Å². The number of benzene rings is 1. The molecule has 0 amide bonds. The Hall–Kier alpha value is -2.24. The highest BCUT2D eigenvalue weighted by atomic mass is 19.4. The summed E-state index contributed by atoms with van der Waals surface area (Å²) in [4.78, 5) is 7.82. The Morgan fingerprint density at radius 3 is 2.35 bits per heavy atom. The van der Waals surface area contributed by atoms with Crippen LogP contribution in [0.4, 0.5) is 17.6 Å². The molecule has 0 N–H and O–H groups in total. The van der Waals surface area contributed by atoms with Gasteiger partial charge < -0.3 is 0 Å². The first kappa shape index (κ1) is 12.8. The SMILES string of the molecule is Fc1ccc(C2=NC2c2ncccc2C(F)(F)F)cc1. The minimum Gasteiger partial charge on any atom is -0.270 e. The summed E-state index contributed by atoms with van der Waals surface area (Å²) in [5.41, 5.74) is 0.203. The normalized spacial score (nSPS) is 17.8. The van der Waals surface area contributed by atoms with Gasteiger partial charge in [-0.2, -0.15) is 13.2 Å². The van der Waals surface area contributed by atoms with E-state index in [9.17, 15) is 17.6 Å². The molecule has 0 saturated heterocycles. The van der Waals surface area contributed by atoms with E-state index in [0.717, 1.165) is 6.07 Å². The average molecular weight is 280 g/mol. The summed E-state index contributed by atoms with van der Waals surface area (Å²) >= 11 is 0. The first-order valence-electron chi connectivity index (χ1n) is 5.82. The van der Waals surface area contributed by atoms with Crippen molar-refractivity contribution in [2.45, 2.75) is 12.2 Å². The Morgan fingerprint density at radius 2 is 1.70 bits per heavy atom. The largest absolute Gasteiger partial charge is 0.418 e. The molecule has 2 nitrogen and oxygen atoms in total. The number of alkyl halides is 3. The summed E-state index contributed by atoms with van der Waals surface area (Å²) in [6, 6.07) is 7.00. The lowest BCUT2D eigenvalue weighted by molar-refractivity contribution is -0.138. The van der Waals surface area contributed by atoms with Gasteiger partial charge in [-0.05, 0) is 29.8 Å². The standard InChI is InChI=1S/C14H8F4N2/c15-9-5-3-8(4-6-9)11-13(20-11)12-10(14(16,17)18)2-1-7-19-12/h1-7,13H. The maximum absolute atomic E-state index is 12.9. The average Bonchev–Trinajstić information content (AvgIpc) is 3.19. The number of rotatable bonds is 2. The Bertz CT molecular complexity index is 674. The Morgan fingerprint density at radius 1 is 1.00 bits per heavy atom. The van der Waals surface area contributed by atoms with Crippen molar-refractivity contribution >= 4 is 5.71 Å². The van der Waals surface area contributed by atoms with Crippen molar-refractivity contribution in [3.8, 4) is 0 Å². The number of pyridine rings is 1. The van der Waals surface area contributed by atoms with Crippen LogP contribution in [0.5, 0.6) is 0 Å². The van der Waals surface area contributed by atoms with Crippen molar-refractivity contribution in [2.75, 3.05) is 0 Å². The van der Waals surface area contributed by atoms with E-state index in [1.165, 1.54) is 36.5 Å². The predicted octanol–water partition coefficient (Wildman–Crippen LogP) is 3.78. The Labute approximate surface area is 111 Å². The molecular weight excluding hydrogens is 272 g/mol. The maximum Gasteiger partial charge on any atom is 0.418 e. The van der Waals surface area contributed by atoms with Crippen LogP contribution in [-0.2, 0) is 6.18 Å². The molecule has 1 atom stereocenters. The zero-order valence-corrected chi connectivity index (χ0v) is 10.0. The van der Waals surface area contributed by atoms with Gasteiger partial charge in [0, 0.05) is 6.20 Å². The van der Waals surface area contributed by atoms with Crippen LogP contribution >= 0.6 is 0 Å². The van der Waals surface area contributed by atoms with E-state index in [-0.39, 0.29) is 5.69 Å². The first-order chi connectivity index (χ1) is 9.47. The third kappa shape index (κ3) is 2.29. The van der Waals surface area contributed by atoms with Gasteiger partial charge in [0.2, 0.25) is 0 Å². The van der Waals surface area contributed by atoms with Gasteiger partial charge in [0.25, 0.3) is 0 Å². The molecule has 0 bridgehead atoms. The van der Waals surface area contributed by atoms with Crippen molar-refractivity contribution in [3.63, 3.8) is 0 Å². The summed E-state index contributed by atoms with van der Waals surface area (Å²) in [7, 11) is 0. The van der Waals surface area contributed by atoms with Crippen molar-refractivity contribution in [1.82, 2.24) is 4.98 Å². The number of nitrogens with zero attached hydrogens (tertiary/aromatic N) is 2. The molecule has 2 heterocycles. The van der Waals surface area contributed by atoms with E-state index in [4.69, 9.17) is 0 Å². The summed E-state index contributed by atoms with van der Waals surface area (Å²) in [6.45, 7) is 0. The zero-order valence-electron chi connectivity index (χ0n) is 10.0. The van der Waals surface area contributed by atoms with E-state index in [2.05, 4.69) is 9.98 Å². The molecule has 2 aromatic rings. The first-order valence-corrected chi connectivity index (χ1v) is 5.82. The lowest BCUT2D eigenvalue weighted by atomic mass is 10.0. The topological polar surface area (TPSA) is 25.2 Å². The van der Waals surface area contributed by atoms with Crippen molar-refractivity contribution in [3.05, 3.63) is 65.2 Å². The van der Waals surface area contributed by atoms with E-state index in [0.29, 0.717) is 11.3 Å². The molecule has 1 aromatic heterocycles. The van der Waals surface area contributed by atoms with Gasteiger partial charge in [-0.3, -0.25) is 9.98 Å². The highest BCUT2D eigenvalue weighted by molar-refractivity contribution is 6.13. The van der Waals surface area contributed by atoms with Crippen LogP contribution in [0.2, 0.25) is 0 Å². The third-order valence-corrected chi connectivity index (χ3v) is 3.00. The third-order valence-electron chi connectivity index (χ3n) is 3.00. The van der Waals surface area contributed by atoms with Gasteiger partial charge in [-0.1, -0.05) is 12.1 Å². The molecule has 1 aliphatic heterocycles. The van der Waals surface area contributed by atoms with E-state index >= 15 is 0 Å². The van der Waals surface area contributed by atoms with Gasteiger partial charge in [0.05, 0.1) is 17.0 Å². The maximum atomic E-state index is 12.9. The highest BCUT2D eigenvalue weighted by Gasteiger charge is 2.41. The fourth-order valence-corrected chi connectivity index (χ4v) is 2.02. The summed E-state index contributed by atoms with van der Waals surface area (Å²) < 4.78 is 51.4. The van der Waals surface area contributed by atoms with Crippen LogP contribution in [0, 0.1) is 5.82 Å². The van der Waals surface area contributed by atoms with Crippen molar-refractivity contribution in [2.24, 2.45) is 4.99 Å².